The van der Waals surface area contributed by atoms with E-state index in [1.165, 1.54) is 28.5 Å². The minimum absolute atomic E-state index is 0.00132. The summed E-state index contributed by atoms with van der Waals surface area (Å²) in [5, 5.41) is 8.96. The van der Waals surface area contributed by atoms with Crippen LogP contribution in [-0.4, -0.2) is 40.5 Å². The fourth-order valence-electron chi connectivity index (χ4n) is 6.17. The molecule has 174 valence electrons. The maximum atomic E-state index is 13.2. The molecule has 3 aliphatic rings. The van der Waals surface area contributed by atoms with Crippen molar-refractivity contribution in [3.05, 3.63) is 89.2 Å². The molecule has 2 saturated heterocycles. The number of nitriles is 1. The predicted molar refractivity (Wildman–Crippen MR) is 130 cm³/mol. The summed E-state index contributed by atoms with van der Waals surface area (Å²) in [6.07, 6.45) is 4.19. The maximum absolute atomic E-state index is 13.2. The number of ketones is 1. The number of fused-ring (bicyclic) bond motifs is 5. The van der Waals surface area contributed by atoms with E-state index < -0.39 is 0 Å². The monoisotopic (exact) mass is 463 g/mol. The SMILES string of the molecule is N#Cc1ccc(C(=O)C2CC3CCC(C2)N3C(=O)OCC2c3ccccc3-c3ccccc32)nc1. The van der Waals surface area contributed by atoms with Gasteiger partial charge in [-0.15, -0.1) is 0 Å². The summed E-state index contributed by atoms with van der Waals surface area (Å²) in [6, 6.07) is 21.9. The lowest BCUT2D eigenvalue weighted by Crippen LogP contribution is -2.48. The number of benzene rings is 2. The minimum Gasteiger partial charge on any atom is -0.448 e. The van der Waals surface area contributed by atoms with E-state index in [-0.39, 0.29) is 35.8 Å². The Kier molecular flexibility index (Phi) is 5.33. The Morgan fingerprint density at radius 1 is 0.943 bits per heavy atom. The second-order valence-electron chi connectivity index (χ2n) is 9.67. The van der Waals surface area contributed by atoms with E-state index in [2.05, 4.69) is 29.2 Å². The standard InChI is InChI=1S/C29H25N3O3/c30-15-18-9-12-27(31-16-18)28(33)19-13-20-10-11-21(14-19)32(20)29(34)35-17-26-24-7-3-1-5-22(24)23-6-2-4-8-25(23)26/h1-9,12,16,19-21,26H,10-11,13-14,17H2. The second-order valence-corrected chi connectivity index (χ2v) is 9.67. The molecule has 2 bridgehead atoms. The van der Waals surface area contributed by atoms with Crippen molar-refractivity contribution in [3.63, 3.8) is 0 Å². The van der Waals surface area contributed by atoms with Crippen molar-refractivity contribution in [2.75, 3.05) is 6.61 Å². The molecule has 2 fully saturated rings. The van der Waals surface area contributed by atoms with Gasteiger partial charge in [0.2, 0.25) is 0 Å². The van der Waals surface area contributed by atoms with Crippen molar-refractivity contribution in [3.8, 4) is 17.2 Å². The van der Waals surface area contributed by atoms with Gasteiger partial charge in [-0.1, -0.05) is 48.5 Å². The second kappa shape index (κ2) is 8.66. The lowest BCUT2D eigenvalue weighted by atomic mass is 9.86. The largest absolute Gasteiger partial charge is 0.448 e. The molecule has 0 radical (unpaired) electrons. The summed E-state index contributed by atoms with van der Waals surface area (Å²) < 4.78 is 5.92. The van der Waals surface area contributed by atoms with Crippen molar-refractivity contribution in [2.24, 2.45) is 5.92 Å². The van der Waals surface area contributed by atoms with E-state index in [0.717, 1.165) is 12.8 Å². The Morgan fingerprint density at radius 3 is 2.14 bits per heavy atom. The number of ether oxygens (including phenoxy) is 1. The van der Waals surface area contributed by atoms with E-state index in [1.807, 2.05) is 35.2 Å². The highest BCUT2D eigenvalue weighted by Gasteiger charge is 2.46. The van der Waals surface area contributed by atoms with Gasteiger partial charge >= 0.3 is 6.09 Å². The molecule has 6 heteroatoms. The molecule has 1 aromatic heterocycles. The van der Waals surface area contributed by atoms with Crippen LogP contribution in [0.3, 0.4) is 0 Å². The molecule has 3 aromatic rings. The van der Waals surface area contributed by atoms with Crippen LogP contribution < -0.4 is 0 Å². The molecule has 2 aromatic carbocycles. The van der Waals surface area contributed by atoms with Crippen LogP contribution in [0.5, 0.6) is 0 Å². The number of hydrogen-bond acceptors (Lipinski definition) is 5. The molecule has 3 heterocycles. The normalized spacial score (nSPS) is 22.3. The third kappa shape index (κ3) is 3.68. The zero-order valence-corrected chi connectivity index (χ0v) is 19.3. The van der Waals surface area contributed by atoms with Gasteiger partial charge in [-0.25, -0.2) is 4.79 Å². The average molecular weight is 464 g/mol. The van der Waals surface area contributed by atoms with Crippen LogP contribution in [0.2, 0.25) is 0 Å². The van der Waals surface area contributed by atoms with Crippen molar-refractivity contribution in [2.45, 2.75) is 43.7 Å². The Hall–Kier alpha value is -3.98. The number of rotatable bonds is 4. The molecule has 1 amide bonds. The first-order chi connectivity index (χ1) is 17.1. The molecular formula is C29H25N3O3. The quantitative estimate of drug-likeness (QED) is 0.489. The fraction of sp³-hybridized carbons (Fsp3) is 0.310. The Bertz CT molecular complexity index is 1280. The van der Waals surface area contributed by atoms with Crippen LogP contribution in [0.15, 0.2) is 66.9 Å². The van der Waals surface area contributed by atoms with Gasteiger partial charge in [0.25, 0.3) is 0 Å². The molecule has 2 aliphatic heterocycles. The number of amides is 1. The highest BCUT2D eigenvalue weighted by molar-refractivity contribution is 5.96. The van der Waals surface area contributed by atoms with Crippen LogP contribution in [0.4, 0.5) is 4.79 Å². The molecule has 0 saturated carbocycles. The smallest absolute Gasteiger partial charge is 0.410 e. The number of carbonyl (C=O) groups excluding carboxylic acids is 2. The summed E-state index contributed by atoms with van der Waals surface area (Å²) in [7, 11) is 0. The van der Waals surface area contributed by atoms with Crippen LogP contribution in [0.1, 0.15) is 58.8 Å². The first-order valence-corrected chi connectivity index (χ1v) is 12.2. The van der Waals surface area contributed by atoms with Crippen LogP contribution >= 0.6 is 0 Å². The summed E-state index contributed by atoms with van der Waals surface area (Å²) in [6.45, 7) is 0.306. The lowest BCUT2D eigenvalue weighted by Gasteiger charge is -2.37. The van der Waals surface area contributed by atoms with Crippen molar-refractivity contribution < 1.29 is 14.3 Å². The summed E-state index contributed by atoms with van der Waals surface area (Å²) in [4.78, 5) is 32.3. The number of hydrogen-bond donors (Lipinski definition) is 0. The minimum atomic E-state index is -0.276. The molecule has 1 aliphatic carbocycles. The van der Waals surface area contributed by atoms with E-state index >= 15 is 0 Å². The van der Waals surface area contributed by atoms with E-state index in [9.17, 15) is 9.59 Å². The van der Waals surface area contributed by atoms with Gasteiger partial charge in [0.05, 0.1) is 5.56 Å². The number of piperidine rings is 1. The molecule has 6 rings (SSSR count). The summed E-state index contributed by atoms with van der Waals surface area (Å²) in [5.74, 6) is -0.130. The summed E-state index contributed by atoms with van der Waals surface area (Å²) >= 11 is 0. The maximum Gasteiger partial charge on any atom is 0.410 e. The molecule has 2 unspecified atom stereocenters. The van der Waals surface area contributed by atoms with Crippen molar-refractivity contribution >= 4 is 11.9 Å². The van der Waals surface area contributed by atoms with Crippen molar-refractivity contribution in [1.82, 2.24) is 9.88 Å². The van der Waals surface area contributed by atoms with Crippen LogP contribution in [0, 0.1) is 17.2 Å². The zero-order chi connectivity index (χ0) is 23.9. The summed E-state index contributed by atoms with van der Waals surface area (Å²) in [5.41, 5.74) is 5.64. The first kappa shape index (κ1) is 21.5. The first-order valence-electron chi connectivity index (χ1n) is 12.2. The molecular weight excluding hydrogens is 438 g/mol. The van der Waals surface area contributed by atoms with Gasteiger partial charge < -0.3 is 9.64 Å². The Morgan fingerprint density at radius 2 is 1.57 bits per heavy atom. The van der Waals surface area contributed by atoms with E-state index in [0.29, 0.717) is 30.7 Å². The highest BCUT2D eigenvalue weighted by atomic mass is 16.6. The Balaban J connectivity index is 1.14. The fourth-order valence-corrected chi connectivity index (χ4v) is 6.17. The topological polar surface area (TPSA) is 83.3 Å². The van der Waals surface area contributed by atoms with Gasteiger partial charge in [-0.3, -0.25) is 9.78 Å². The number of pyridine rings is 1. The molecule has 0 spiro atoms. The number of carbonyl (C=O) groups is 2. The number of Topliss-reactive ketones (excluding diaryl/α,β-unsaturated/α-hetero) is 1. The number of nitrogens with zero attached hydrogens (tertiary/aromatic N) is 3. The zero-order valence-electron chi connectivity index (χ0n) is 19.3. The predicted octanol–water partition coefficient (Wildman–Crippen LogP) is 5.33. The number of aromatic nitrogens is 1. The lowest BCUT2D eigenvalue weighted by molar-refractivity contribution is 0.0504. The van der Waals surface area contributed by atoms with Gasteiger partial charge in [-0.05, 0) is 60.1 Å². The van der Waals surface area contributed by atoms with Crippen molar-refractivity contribution in [1.29, 1.82) is 5.26 Å². The van der Waals surface area contributed by atoms with E-state index in [4.69, 9.17) is 10.00 Å². The highest BCUT2D eigenvalue weighted by Crippen LogP contribution is 2.45. The molecule has 0 N–H and O–H groups in total. The third-order valence-corrected chi connectivity index (χ3v) is 7.80. The van der Waals surface area contributed by atoms with Gasteiger partial charge in [0.1, 0.15) is 18.4 Å². The van der Waals surface area contributed by atoms with Crippen LogP contribution in [-0.2, 0) is 4.74 Å². The van der Waals surface area contributed by atoms with Crippen LogP contribution in [0.25, 0.3) is 11.1 Å². The third-order valence-electron chi connectivity index (χ3n) is 7.80. The average Bonchev–Trinajstić information content (AvgIpc) is 3.37. The molecule has 35 heavy (non-hydrogen) atoms. The molecule has 2 atom stereocenters. The van der Waals surface area contributed by atoms with E-state index in [1.54, 1.807) is 12.1 Å². The Labute approximate surface area is 204 Å². The van der Waals surface area contributed by atoms with Gasteiger partial charge in [0.15, 0.2) is 5.78 Å². The molecule has 6 nitrogen and oxygen atoms in total. The van der Waals surface area contributed by atoms with Gasteiger partial charge in [-0.2, -0.15) is 5.26 Å². The van der Waals surface area contributed by atoms with Gasteiger partial charge in [0, 0.05) is 30.1 Å².